The van der Waals surface area contributed by atoms with E-state index in [1.165, 1.54) is 0 Å². The van der Waals surface area contributed by atoms with Gasteiger partial charge in [-0.2, -0.15) is 0 Å². The maximum Gasteiger partial charge on any atom is 0.119 e. The predicted molar refractivity (Wildman–Crippen MR) is 70.3 cm³/mol. The lowest BCUT2D eigenvalue weighted by Crippen LogP contribution is -2.20. The molecule has 0 radical (unpaired) electrons. The maximum atomic E-state index is 9.84. The highest BCUT2D eigenvalue weighted by atomic mass is 16.5. The summed E-state index contributed by atoms with van der Waals surface area (Å²) in [6.07, 6.45) is -0.467. The quantitative estimate of drug-likeness (QED) is 0.712. The Labute approximate surface area is 103 Å². The molecular weight excluding hydrogens is 214 g/mol. The van der Waals surface area contributed by atoms with Crippen LogP contribution in [0.15, 0.2) is 36.4 Å². The van der Waals surface area contributed by atoms with Crippen LogP contribution in [0.4, 0.5) is 0 Å². The second-order valence-corrected chi connectivity index (χ2v) is 4.14. The number of likely N-dealkylation sites (N-methyl/N-ethyl adjacent to an activating group) is 1. The fraction of sp³-hybridized carbons (Fsp3) is 0.429. The van der Waals surface area contributed by atoms with Crippen molar-refractivity contribution >= 4 is 0 Å². The molecule has 0 saturated carbocycles. The van der Waals surface area contributed by atoms with Crippen LogP contribution >= 0.6 is 0 Å². The van der Waals surface area contributed by atoms with E-state index in [1.54, 1.807) is 0 Å². The van der Waals surface area contributed by atoms with E-state index in [0.29, 0.717) is 13.2 Å². The molecule has 2 N–H and O–H groups in total. The van der Waals surface area contributed by atoms with E-state index in [1.807, 2.05) is 38.1 Å². The molecule has 1 aromatic rings. The summed E-state index contributed by atoms with van der Waals surface area (Å²) in [5.74, 6) is 0.799. The Morgan fingerprint density at radius 1 is 1.41 bits per heavy atom. The van der Waals surface area contributed by atoms with Crippen LogP contribution in [0, 0.1) is 0 Å². The van der Waals surface area contributed by atoms with Crippen LogP contribution in [0.5, 0.6) is 5.75 Å². The SMILES string of the molecule is C=C(C)COc1ccc(C(O)CNCC)cc1. The van der Waals surface area contributed by atoms with Crippen molar-refractivity contribution < 1.29 is 9.84 Å². The predicted octanol–water partition coefficient (Wildman–Crippen LogP) is 2.28. The van der Waals surface area contributed by atoms with Gasteiger partial charge in [-0.3, -0.25) is 0 Å². The summed E-state index contributed by atoms with van der Waals surface area (Å²) in [5.41, 5.74) is 1.88. The Morgan fingerprint density at radius 3 is 2.59 bits per heavy atom. The van der Waals surface area contributed by atoms with Crippen molar-refractivity contribution in [1.82, 2.24) is 5.32 Å². The number of benzene rings is 1. The smallest absolute Gasteiger partial charge is 0.119 e. The molecule has 0 bridgehead atoms. The van der Waals surface area contributed by atoms with Gasteiger partial charge in [-0.1, -0.05) is 25.6 Å². The van der Waals surface area contributed by atoms with Gasteiger partial charge in [-0.15, -0.1) is 0 Å². The van der Waals surface area contributed by atoms with Crippen LogP contribution in [0.25, 0.3) is 0 Å². The molecule has 17 heavy (non-hydrogen) atoms. The molecule has 0 aliphatic rings. The standard InChI is InChI=1S/C14H21NO2/c1-4-15-9-14(16)12-5-7-13(8-6-12)17-10-11(2)3/h5-8,14-16H,2,4,9-10H2,1,3H3. The second kappa shape index (κ2) is 7.09. The van der Waals surface area contributed by atoms with Gasteiger partial charge in [-0.05, 0) is 36.7 Å². The van der Waals surface area contributed by atoms with E-state index >= 15 is 0 Å². The molecule has 1 aromatic carbocycles. The Morgan fingerprint density at radius 2 is 2.06 bits per heavy atom. The van der Waals surface area contributed by atoms with E-state index in [-0.39, 0.29) is 0 Å². The van der Waals surface area contributed by atoms with Crippen molar-refractivity contribution in [3.8, 4) is 5.75 Å². The average molecular weight is 235 g/mol. The Kier molecular flexibility index (Phi) is 5.73. The number of rotatable bonds is 7. The Bertz CT molecular complexity index is 346. The minimum Gasteiger partial charge on any atom is -0.489 e. The lowest BCUT2D eigenvalue weighted by molar-refractivity contribution is 0.175. The van der Waals surface area contributed by atoms with Crippen LogP contribution < -0.4 is 10.1 Å². The first kappa shape index (κ1) is 13.7. The average Bonchev–Trinajstić information content (AvgIpc) is 2.34. The van der Waals surface area contributed by atoms with Crippen molar-refractivity contribution in [2.75, 3.05) is 19.7 Å². The summed E-state index contributed by atoms with van der Waals surface area (Å²) in [7, 11) is 0. The lowest BCUT2D eigenvalue weighted by atomic mass is 10.1. The van der Waals surface area contributed by atoms with Crippen LogP contribution in [-0.2, 0) is 0 Å². The van der Waals surface area contributed by atoms with Crippen molar-refractivity contribution in [2.24, 2.45) is 0 Å². The van der Waals surface area contributed by atoms with Gasteiger partial charge in [0.1, 0.15) is 12.4 Å². The number of ether oxygens (including phenoxy) is 1. The molecule has 3 heteroatoms. The van der Waals surface area contributed by atoms with Gasteiger partial charge in [0.15, 0.2) is 0 Å². The molecule has 0 heterocycles. The molecule has 94 valence electrons. The van der Waals surface area contributed by atoms with Gasteiger partial charge in [0, 0.05) is 6.54 Å². The van der Waals surface area contributed by atoms with Crippen molar-refractivity contribution in [2.45, 2.75) is 20.0 Å². The highest BCUT2D eigenvalue weighted by molar-refractivity contribution is 5.29. The fourth-order valence-corrected chi connectivity index (χ4v) is 1.39. The third kappa shape index (κ3) is 5.02. The normalized spacial score (nSPS) is 12.2. The molecule has 0 spiro atoms. The molecule has 1 unspecified atom stereocenters. The van der Waals surface area contributed by atoms with Gasteiger partial charge in [0.25, 0.3) is 0 Å². The van der Waals surface area contributed by atoms with Crippen molar-refractivity contribution in [3.05, 3.63) is 42.0 Å². The summed E-state index contributed by atoms with van der Waals surface area (Å²) < 4.78 is 5.49. The topological polar surface area (TPSA) is 41.5 Å². The molecule has 0 fully saturated rings. The molecule has 0 aliphatic heterocycles. The highest BCUT2D eigenvalue weighted by Crippen LogP contribution is 2.17. The van der Waals surface area contributed by atoms with E-state index in [0.717, 1.165) is 23.4 Å². The molecule has 0 aromatic heterocycles. The third-order valence-electron chi connectivity index (χ3n) is 2.34. The first-order chi connectivity index (χ1) is 8.13. The van der Waals surface area contributed by atoms with Crippen LogP contribution in [0.3, 0.4) is 0 Å². The van der Waals surface area contributed by atoms with Crippen LogP contribution in [0.1, 0.15) is 25.5 Å². The van der Waals surface area contributed by atoms with Crippen molar-refractivity contribution in [1.29, 1.82) is 0 Å². The Hall–Kier alpha value is -1.32. The summed E-state index contributed by atoms with van der Waals surface area (Å²) >= 11 is 0. The first-order valence-corrected chi connectivity index (χ1v) is 5.89. The number of nitrogens with one attached hydrogen (secondary N) is 1. The lowest BCUT2D eigenvalue weighted by Gasteiger charge is -2.12. The zero-order valence-corrected chi connectivity index (χ0v) is 10.6. The van der Waals surface area contributed by atoms with Crippen LogP contribution in [0.2, 0.25) is 0 Å². The molecule has 0 aliphatic carbocycles. The van der Waals surface area contributed by atoms with E-state index in [9.17, 15) is 5.11 Å². The summed E-state index contributed by atoms with van der Waals surface area (Å²) in [6.45, 7) is 9.67. The number of hydrogen-bond donors (Lipinski definition) is 2. The van der Waals surface area contributed by atoms with Gasteiger partial charge in [0.05, 0.1) is 6.10 Å². The van der Waals surface area contributed by atoms with Gasteiger partial charge in [0.2, 0.25) is 0 Å². The Balaban J connectivity index is 2.51. The van der Waals surface area contributed by atoms with Gasteiger partial charge in [-0.25, -0.2) is 0 Å². The van der Waals surface area contributed by atoms with Crippen LogP contribution in [-0.4, -0.2) is 24.8 Å². The van der Waals surface area contributed by atoms with E-state index in [2.05, 4.69) is 11.9 Å². The highest BCUT2D eigenvalue weighted by Gasteiger charge is 2.06. The monoisotopic (exact) mass is 235 g/mol. The molecule has 0 amide bonds. The van der Waals surface area contributed by atoms with E-state index < -0.39 is 6.10 Å². The molecule has 0 saturated heterocycles. The van der Waals surface area contributed by atoms with Gasteiger partial charge < -0.3 is 15.2 Å². The molecular formula is C14H21NO2. The largest absolute Gasteiger partial charge is 0.489 e. The zero-order chi connectivity index (χ0) is 12.7. The number of hydrogen-bond acceptors (Lipinski definition) is 3. The summed E-state index contributed by atoms with van der Waals surface area (Å²) in [4.78, 5) is 0. The van der Waals surface area contributed by atoms with Crippen molar-refractivity contribution in [3.63, 3.8) is 0 Å². The molecule has 1 atom stereocenters. The molecule has 1 rings (SSSR count). The van der Waals surface area contributed by atoms with Gasteiger partial charge >= 0.3 is 0 Å². The number of aliphatic hydroxyl groups is 1. The summed E-state index contributed by atoms with van der Waals surface area (Å²) in [5, 5.41) is 13.0. The minimum absolute atomic E-state index is 0.467. The number of aliphatic hydroxyl groups excluding tert-OH is 1. The minimum atomic E-state index is -0.467. The molecule has 3 nitrogen and oxygen atoms in total. The maximum absolute atomic E-state index is 9.84. The fourth-order valence-electron chi connectivity index (χ4n) is 1.39. The first-order valence-electron chi connectivity index (χ1n) is 5.89. The summed E-state index contributed by atoms with van der Waals surface area (Å²) in [6, 6.07) is 7.51. The zero-order valence-electron chi connectivity index (χ0n) is 10.6. The second-order valence-electron chi connectivity index (χ2n) is 4.14. The van der Waals surface area contributed by atoms with E-state index in [4.69, 9.17) is 4.74 Å². The third-order valence-corrected chi connectivity index (χ3v) is 2.34.